The normalized spacial score (nSPS) is 21.7. The summed E-state index contributed by atoms with van der Waals surface area (Å²) >= 11 is 0. The summed E-state index contributed by atoms with van der Waals surface area (Å²) in [7, 11) is -3.32. The van der Waals surface area contributed by atoms with Gasteiger partial charge in [-0.05, 0) is 63.1 Å². The van der Waals surface area contributed by atoms with E-state index in [1.807, 2.05) is 18.2 Å². The predicted molar refractivity (Wildman–Crippen MR) is 195 cm³/mol. The molecule has 19 heteroatoms. The zero-order chi connectivity index (χ0) is 39.9. The fraction of sp³-hybridized carbons (Fsp3) is 0.417. The van der Waals surface area contributed by atoms with Gasteiger partial charge in [0.15, 0.2) is 5.82 Å². The number of fused-ring (bicyclic) bond motifs is 1. The maximum absolute atomic E-state index is 14.2. The van der Waals surface area contributed by atoms with Crippen LogP contribution in [0.3, 0.4) is 0 Å². The van der Waals surface area contributed by atoms with Crippen LogP contribution in [0.25, 0.3) is 5.52 Å². The summed E-state index contributed by atoms with van der Waals surface area (Å²) in [5.74, 6) is -1.22. The third-order valence-corrected chi connectivity index (χ3v) is 10.2. The molecular formula is C36H45N6O12P. The molecule has 1 unspecified atom stereocenters. The van der Waals surface area contributed by atoms with Crippen LogP contribution >= 0.6 is 7.75 Å². The quantitative estimate of drug-likeness (QED) is 0.0623. The maximum atomic E-state index is 14.2. The topological polar surface area (TPSA) is 244 Å². The Bertz CT molecular complexity index is 2000. The minimum Gasteiger partial charge on any atom is -0.468 e. The molecule has 1 aliphatic heterocycles. The van der Waals surface area contributed by atoms with Crippen molar-refractivity contribution in [1.82, 2.24) is 25.0 Å². The van der Waals surface area contributed by atoms with E-state index in [1.54, 1.807) is 50.2 Å². The maximum Gasteiger partial charge on any atom is 0.459 e. The Morgan fingerprint density at radius 3 is 2.40 bits per heavy atom. The van der Waals surface area contributed by atoms with Crippen LogP contribution in [0.15, 0.2) is 73.1 Å². The number of aliphatic hydroxyl groups excluding tert-OH is 2. The molecule has 1 aliphatic rings. The molecule has 6 N–H and O–H groups in total. The summed E-state index contributed by atoms with van der Waals surface area (Å²) < 4.78 is 48.8. The number of amides is 1. The van der Waals surface area contributed by atoms with Gasteiger partial charge in [0.05, 0.1) is 25.5 Å². The zero-order valence-corrected chi connectivity index (χ0v) is 31.8. The first kappa shape index (κ1) is 41.1. The number of nitrogen functional groups attached to an aromatic ring is 1. The van der Waals surface area contributed by atoms with Gasteiger partial charge in [-0.15, -0.1) is 0 Å². The molecule has 0 radical (unpaired) electrons. The minimum absolute atomic E-state index is 0.00378. The number of esters is 2. The van der Waals surface area contributed by atoms with Crippen molar-refractivity contribution in [2.75, 3.05) is 19.5 Å². The Labute approximate surface area is 316 Å². The van der Waals surface area contributed by atoms with Crippen molar-refractivity contribution < 1.29 is 57.2 Å². The van der Waals surface area contributed by atoms with E-state index in [0.717, 1.165) is 12.7 Å². The van der Waals surface area contributed by atoms with Gasteiger partial charge in [0.2, 0.25) is 0 Å². The summed E-state index contributed by atoms with van der Waals surface area (Å²) in [5, 5.41) is 31.4. The summed E-state index contributed by atoms with van der Waals surface area (Å²) in [4.78, 5) is 41.8. The summed E-state index contributed by atoms with van der Waals surface area (Å²) in [6.07, 6.45) is -4.12. The van der Waals surface area contributed by atoms with E-state index in [2.05, 4.69) is 20.5 Å². The number of rotatable bonds is 16. The van der Waals surface area contributed by atoms with Crippen LogP contribution in [-0.2, 0) is 50.7 Å². The number of anilines is 1. The van der Waals surface area contributed by atoms with Crippen LogP contribution in [0.2, 0.25) is 0 Å². The van der Waals surface area contributed by atoms with Gasteiger partial charge in [-0.2, -0.15) is 10.2 Å². The number of nitrogens with one attached hydrogen (secondary N) is 2. The highest BCUT2D eigenvalue weighted by molar-refractivity contribution is 7.52. The molecule has 2 aromatic heterocycles. The summed E-state index contributed by atoms with van der Waals surface area (Å²) in [6.45, 7) is 5.62. The van der Waals surface area contributed by atoms with Crippen molar-refractivity contribution in [2.45, 2.75) is 82.8 Å². The van der Waals surface area contributed by atoms with Crippen molar-refractivity contribution >= 4 is 37.1 Å². The number of ether oxygens (including phenoxy) is 4. The van der Waals surface area contributed by atoms with E-state index in [4.69, 9.17) is 33.7 Å². The van der Waals surface area contributed by atoms with E-state index in [0.29, 0.717) is 16.8 Å². The summed E-state index contributed by atoms with van der Waals surface area (Å²) in [6, 6.07) is 16.0. The first-order valence-electron chi connectivity index (χ1n) is 17.3. The van der Waals surface area contributed by atoms with Crippen LogP contribution in [0.4, 0.5) is 10.6 Å². The lowest BCUT2D eigenvalue weighted by Gasteiger charge is -2.30. The van der Waals surface area contributed by atoms with Gasteiger partial charge in [-0.1, -0.05) is 42.5 Å². The number of aromatic nitrogens is 3. The van der Waals surface area contributed by atoms with Crippen molar-refractivity contribution in [3.63, 3.8) is 0 Å². The molecule has 296 valence electrons. The molecule has 3 heterocycles. The van der Waals surface area contributed by atoms with Crippen molar-refractivity contribution in [3.05, 3.63) is 89.9 Å². The number of hydrogen-bond donors (Lipinski definition) is 5. The first-order valence-corrected chi connectivity index (χ1v) is 18.8. The van der Waals surface area contributed by atoms with Gasteiger partial charge in [-0.3, -0.25) is 9.32 Å². The number of benzene rings is 2. The number of alkyl carbamates (subject to hydrolysis) is 1. The van der Waals surface area contributed by atoms with E-state index in [1.165, 1.54) is 36.8 Å². The average Bonchev–Trinajstić information content (AvgIpc) is 3.69. The second-order valence-corrected chi connectivity index (χ2v) is 15.0. The van der Waals surface area contributed by atoms with Crippen molar-refractivity contribution in [3.8, 4) is 5.75 Å². The Morgan fingerprint density at radius 1 is 1.02 bits per heavy atom. The second-order valence-electron chi connectivity index (χ2n) is 13.3. The largest absolute Gasteiger partial charge is 0.468 e. The van der Waals surface area contributed by atoms with E-state index in [9.17, 15) is 29.2 Å². The third-order valence-electron chi connectivity index (χ3n) is 8.62. The third kappa shape index (κ3) is 10.2. The highest BCUT2D eigenvalue weighted by Crippen LogP contribution is 2.48. The lowest BCUT2D eigenvalue weighted by atomic mass is 9.97. The van der Waals surface area contributed by atoms with Gasteiger partial charge in [0.25, 0.3) is 0 Å². The zero-order valence-electron chi connectivity index (χ0n) is 30.9. The van der Waals surface area contributed by atoms with E-state index < -0.39 is 74.5 Å². The molecule has 0 aliphatic carbocycles. The van der Waals surface area contributed by atoms with Crippen LogP contribution in [0.1, 0.15) is 50.6 Å². The van der Waals surface area contributed by atoms with Crippen LogP contribution < -0.4 is 20.7 Å². The number of aliphatic hydroxyl groups is 2. The molecule has 2 aromatic carbocycles. The molecule has 7 atom stereocenters. The fourth-order valence-corrected chi connectivity index (χ4v) is 7.33. The van der Waals surface area contributed by atoms with E-state index >= 15 is 0 Å². The highest BCUT2D eigenvalue weighted by atomic mass is 31.2. The van der Waals surface area contributed by atoms with Gasteiger partial charge >= 0.3 is 25.8 Å². The molecule has 0 bridgehead atoms. The van der Waals surface area contributed by atoms with E-state index in [-0.39, 0.29) is 24.6 Å². The number of nitrogens with zero attached hydrogens (tertiary/aromatic N) is 3. The second kappa shape index (κ2) is 17.6. The number of nitrogens with two attached hydrogens (primary N) is 1. The molecule has 55 heavy (non-hydrogen) atoms. The molecule has 1 amide bonds. The Morgan fingerprint density at radius 2 is 1.73 bits per heavy atom. The molecule has 5 rings (SSSR count). The molecule has 0 saturated carbocycles. The molecule has 0 spiro atoms. The Kier molecular flexibility index (Phi) is 13.1. The molecule has 18 nitrogen and oxygen atoms in total. The molecule has 4 aromatic rings. The van der Waals surface area contributed by atoms with Gasteiger partial charge in [0.1, 0.15) is 60.2 Å². The number of carbonyl (C=O) groups is 3. The Hall–Kier alpha value is -5.10. The minimum atomic E-state index is -4.47. The predicted octanol–water partition coefficient (Wildman–Crippen LogP) is 3.01. The lowest BCUT2D eigenvalue weighted by Crippen LogP contribution is -2.45. The van der Waals surface area contributed by atoms with Crippen molar-refractivity contribution in [2.24, 2.45) is 0 Å². The van der Waals surface area contributed by atoms with Gasteiger partial charge in [-0.25, -0.2) is 23.7 Å². The first-order chi connectivity index (χ1) is 26.1. The number of hydrogen-bond acceptors (Lipinski definition) is 15. The van der Waals surface area contributed by atoms with Crippen LogP contribution in [0.5, 0.6) is 5.75 Å². The lowest BCUT2D eigenvalue weighted by molar-refractivity contribution is -0.149. The molecule has 1 saturated heterocycles. The van der Waals surface area contributed by atoms with Gasteiger partial charge < -0.3 is 44.7 Å². The van der Waals surface area contributed by atoms with Crippen molar-refractivity contribution in [1.29, 1.82) is 0 Å². The smallest absolute Gasteiger partial charge is 0.459 e. The highest BCUT2D eigenvalue weighted by Gasteiger charge is 2.54. The van der Waals surface area contributed by atoms with Crippen LogP contribution in [0, 0.1) is 0 Å². The Balaban J connectivity index is 1.29. The van der Waals surface area contributed by atoms with Crippen LogP contribution in [-0.4, -0.2) is 92.6 Å². The standard InChI is InChI=1S/C36H45N6O12P/c1-21(2)52-34(46)26(40-35(47)50-18-24-9-7-6-8-10-24)17-23-11-13-25(14-12-23)54-55(48,41-22(3)33(45)49-5)51-19-36(4)31(44)29(43)30(53-36)27-15-16-28-32(37)38-20-39-42(27)28/h6-16,20-22,26,29-31,43-44H,17-19H2,1-5H3,(H,40,47)(H,41,48)(H2,37,38,39)/t22-,26-,29-,30-,31-,36+,55?/m0/s1. The summed E-state index contributed by atoms with van der Waals surface area (Å²) in [5.41, 5.74) is 6.47. The average molecular weight is 785 g/mol. The SMILES string of the molecule is COC(=O)[C@H](C)NP(=O)(OC[C@@]1(C)O[C@@H](c2ccc3c(N)ncnn23)[C@H](O)[C@@H]1O)Oc1ccc(C[C@H](NC(=O)OCc2ccccc2)C(=O)OC(C)C)cc1. The fourth-order valence-electron chi connectivity index (χ4n) is 5.74. The monoisotopic (exact) mass is 784 g/mol. The van der Waals surface area contributed by atoms with Gasteiger partial charge in [0, 0.05) is 6.42 Å². The molecular weight excluding hydrogens is 739 g/mol. The number of methoxy groups -OCH3 is 1. The molecule has 1 fully saturated rings. The number of carbonyl (C=O) groups excluding carboxylic acids is 3.